The molecular formula is C31H38BrN3O4S. The Morgan fingerprint density at radius 1 is 0.900 bits per heavy atom. The molecule has 0 aliphatic rings. The molecule has 0 saturated heterocycles. The van der Waals surface area contributed by atoms with Crippen LogP contribution in [-0.2, 0) is 32.6 Å². The molecule has 0 fully saturated rings. The van der Waals surface area contributed by atoms with Gasteiger partial charge in [0.25, 0.3) is 0 Å². The van der Waals surface area contributed by atoms with Gasteiger partial charge in [0.15, 0.2) is 0 Å². The first kappa shape index (κ1) is 31.5. The number of amides is 2. The number of sulfonamides is 1. The molecule has 3 aromatic rings. The van der Waals surface area contributed by atoms with Crippen molar-refractivity contribution in [2.24, 2.45) is 0 Å². The van der Waals surface area contributed by atoms with Crippen molar-refractivity contribution in [2.45, 2.75) is 63.1 Å². The molecule has 40 heavy (non-hydrogen) atoms. The zero-order chi connectivity index (χ0) is 29.3. The van der Waals surface area contributed by atoms with E-state index in [1.54, 1.807) is 35.2 Å². The van der Waals surface area contributed by atoms with E-state index in [9.17, 15) is 18.0 Å². The SMILES string of the molecule is CN(CCCC(=O)N(Cc1cccc(Br)c1)[C@H](Cc1ccccc1)C(=O)NC(C)(C)C)S(=O)(=O)c1ccccc1. The largest absolute Gasteiger partial charge is 0.350 e. The van der Waals surface area contributed by atoms with E-state index in [2.05, 4.69) is 21.2 Å². The van der Waals surface area contributed by atoms with Gasteiger partial charge in [0.1, 0.15) is 6.04 Å². The second-order valence-corrected chi connectivity index (χ2v) is 13.8. The highest BCUT2D eigenvalue weighted by atomic mass is 79.9. The van der Waals surface area contributed by atoms with Gasteiger partial charge in [-0.15, -0.1) is 0 Å². The monoisotopic (exact) mass is 627 g/mol. The summed E-state index contributed by atoms with van der Waals surface area (Å²) in [5, 5.41) is 3.05. The fourth-order valence-electron chi connectivity index (χ4n) is 4.33. The highest BCUT2D eigenvalue weighted by Crippen LogP contribution is 2.20. The molecule has 0 aliphatic heterocycles. The van der Waals surface area contributed by atoms with Gasteiger partial charge in [0.2, 0.25) is 21.8 Å². The summed E-state index contributed by atoms with van der Waals surface area (Å²) in [6.45, 7) is 6.15. The van der Waals surface area contributed by atoms with Crippen LogP contribution in [0.4, 0.5) is 0 Å². The molecule has 0 aliphatic carbocycles. The summed E-state index contributed by atoms with van der Waals surface area (Å²) < 4.78 is 28.0. The van der Waals surface area contributed by atoms with E-state index >= 15 is 0 Å². The molecule has 3 aromatic carbocycles. The summed E-state index contributed by atoms with van der Waals surface area (Å²) in [5.41, 5.74) is 1.34. The topological polar surface area (TPSA) is 86.8 Å². The molecule has 7 nitrogen and oxygen atoms in total. The van der Waals surface area contributed by atoms with Gasteiger partial charge >= 0.3 is 0 Å². The van der Waals surface area contributed by atoms with Crippen LogP contribution in [0.25, 0.3) is 0 Å². The molecule has 0 bridgehead atoms. The van der Waals surface area contributed by atoms with Crippen LogP contribution in [0.3, 0.4) is 0 Å². The highest BCUT2D eigenvalue weighted by Gasteiger charge is 2.32. The van der Waals surface area contributed by atoms with Crippen LogP contribution in [0.15, 0.2) is 94.3 Å². The number of hydrogen-bond acceptors (Lipinski definition) is 4. The summed E-state index contributed by atoms with van der Waals surface area (Å²) in [5.74, 6) is -0.445. The molecule has 2 amide bonds. The average molecular weight is 629 g/mol. The number of nitrogens with one attached hydrogen (secondary N) is 1. The van der Waals surface area contributed by atoms with Crippen molar-refractivity contribution in [2.75, 3.05) is 13.6 Å². The number of nitrogens with zero attached hydrogens (tertiary/aromatic N) is 2. The lowest BCUT2D eigenvalue weighted by molar-refractivity contribution is -0.142. The van der Waals surface area contributed by atoms with Crippen molar-refractivity contribution in [1.29, 1.82) is 0 Å². The van der Waals surface area contributed by atoms with Crippen LogP contribution < -0.4 is 5.32 Å². The van der Waals surface area contributed by atoms with Crippen LogP contribution in [0.1, 0.15) is 44.7 Å². The Morgan fingerprint density at radius 2 is 1.50 bits per heavy atom. The third-order valence-corrected chi connectivity index (χ3v) is 8.69. The van der Waals surface area contributed by atoms with Gasteiger partial charge < -0.3 is 10.2 Å². The predicted molar refractivity (Wildman–Crippen MR) is 162 cm³/mol. The van der Waals surface area contributed by atoms with Gasteiger partial charge in [0, 0.05) is 43.0 Å². The Morgan fingerprint density at radius 3 is 2.10 bits per heavy atom. The van der Waals surface area contributed by atoms with E-state index in [4.69, 9.17) is 0 Å². The summed E-state index contributed by atoms with van der Waals surface area (Å²) in [6.07, 6.45) is 0.761. The zero-order valence-electron chi connectivity index (χ0n) is 23.5. The molecule has 0 saturated carbocycles. The number of hydrogen-bond donors (Lipinski definition) is 1. The highest BCUT2D eigenvalue weighted by molar-refractivity contribution is 9.10. The van der Waals surface area contributed by atoms with Crippen LogP contribution in [0.2, 0.25) is 0 Å². The fraction of sp³-hybridized carbons (Fsp3) is 0.355. The van der Waals surface area contributed by atoms with Crippen LogP contribution >= 0.6 is 15.9 Å². The van der Waals surface area contributed by atoms with Gasteiger partial charge in [-0.25, -0.2) is 12.7 Å². The van der Waals surface area contributed by atoms with Crippen molar-refractivity contribution in [3.8, 4) is 0 Å². The fourth-order valence-corrected chi connectivity index (χ4v) is 6.01. The zero-order valence-corrected chi connectivity index (χ0v) is 25.9. The Labute approximate surface area is 246 Å². The maximum Gasteiger partial charge on any atom is 0.243 e. The standard InChI is InChI=1S/C31H38BrN3O4S/c1-31(2,3)33-30(37)28(22-24-13-7-5-8-14-24)35(23-25-15-11-16-26(32)21-25)29(36)19-12-20-34(4)40(38,39)27-17-9-6-10-18-27/h5-11,13-18,21,28H,12,19-20,22-23H2,1-4H3,(H,33,37)/t28-/m1/s1. The summed E-state index contributed by atoms with van der Waals surface area (Å²) in [4.78, 5) is 29.3. The average Bonchev–Trinajstić information content (AvgIpc) is 2.90. The van der Waals surface area contributed by atoms with Crippen LogP contribution in [0.5, 0.6) is 0 Å². The van der Waals surface area contributed by atoms with Gasteiger partial charge in [-0.1, -0.05) is 76.6 Å². The van der Waals surface area contributed by atoms with Crippen LogP contribution in [-0.4, -0.2) is 54.6 Å². The van der Waals surface area contributed by atoms with Crippen molar-refractivity contribution < 1.29 is 18.0 Å². The first-order chi connectivity index (χ1) is 18.9. The number of halogens is 1. The summed E-state index contributed by atoms with van der Waals surface area (Å²) in [6, 6.07) is 24.8. The molecule has 0 aromatic heterocycles. The Balaban J connectivity index is 1.85. The minimum Gasteiger partial charge on any atom is -0.350 e. The molecular weight excluding hydrogens is 590 g/mol. The van der Waals surface area contributed by atoms with E-state index in [0.29, 0.717) is 12.8 Å². The van der Waals surface area contributed by atoms with E-state index in [0.717, 1.165) is 15.6 Å². The number of carbonyl (C=O) groups excluding carboxylic acids is 2. The van der Waals surface area contributed by atoms with E-state index in [-0.39, 0.29) is 36.2 Å². The number of benzene rings is 3. The van der Waals surface area contributed by atoms with Gasteiger partial charge in [-0.3, -0.25) is 9.59 Å². The van der Waals surface area contributed by atoms with Crippen LogP contribution in [0, 0.1) is 0 Å². The number of rotatable bonds is 12. The van der Waals surface area contributed by atoms with Gasteiger partial charge in [-0.2, -0.15) is 0 Å². The molecule has 1 N–H and O–H groups in total. The minimum atomic E-state index is -3.66. The molecule has 214 valence electrons. The van der Waals surface area contributed by atoms with E-state index in [1.807, 2.05) is 75.4 Å². The van der Waals surface area contributed by atoms with Crippen molar-refractivity contribution in [1.82, 2.24) is 14.5 Å². The smallest absolute Gasteiger partial charge is 0.243 e. The van der Waals surface area contributed by atoms with Gasteiger partial charge in [-0.05, 0) is 62.6 Å². The Kier molecular flexibility index (Phi) is 11.1. The minimum absolute atomic E-state index is 0.0940. The number of carbonyl (C=O) groups is 2. The molecule has 0 radical (unpaired) electrons. The third-order valence-electron chi connectivity index (χ3n) is 6.33. The molecule has 0 spiro atoms. The molecule has 0 heterocycles. The first-order valence-corrected chi connectivity index (χ1v) is 15.5. The van der Waals surface area contributed by atoms with Crippen molar-refractivity contribution in [3.05, 3.63) is 101 Å². The van der Waals surface area contributed by atoms with Crippen molar-refractivity contribution in [3.63, 3.8) is 0 Å². The lowest BCUT2D eigenvalue weighted by Crippen LogP contribution is -2.54. The quantitative estimate of drug-likeness (QED) is 0.291. The van der Waals surface area contributed by atoms with E-state index < -0.39 is 21.6 Å². The second kappa shape index (κ2) is 14.1. The predicted octanol–water partition coefficient (Wildman–Crippen LogP) is 5.40. The summed E-state index contributed by atoms with van der Waals surface area (Å²) >= 11 is 3.50. The Hall–Kier alpha value is -3.01. The van der Waals surface area contributed by atoms with Crippen molar-refractivity contribution >= 4 is 37.8 Å². The molecule has 3 rings (SSSR count). The Bertz CT molecular complexity index is 1380. The molecule has 1 atom stereocenters. The van der Waals surface area contributed by atoms with E-state index in [1.165, 1.54) is 11.4 Å². The molecule has 0 unspecified atom stereocenters. The maximum atomic E-state index is 13.8. The second-order valence-electron chi connectivity index (χ2n) is 10.8. The normalized spacial score (nSPS) is 12.7. The lowest BCUT2D eigenvalue weighted by Gasteiger charge is -2.34. The molecule has 9 heteroatoms. The van der Waals surface area contributed by atoms with Gasteiger partial charge in [0.05, 0.1) is 4.90 Å². The maximum absolute atomic E-state index is 13.8. The first-order valence-electron chi connectivity index (χ1n) is 13.3. The summed E-state index contributed by atoms with van der Waals surface area (Å²) in [7, 11) is -2.15. The third kappa shape index (κ3) is 9.28. The lowest BCUT2D eigenvalue weighted by atomic mass is 10.00.